The topological polar surface area (TPSA) is 55.1 Å². The highest BCUT2D eigenvalue weighted by molar-refractivity contribution is 5.92. The SMILES string of the molecule is CC(C)(C)CC(=O)Nc1cc(-c2cnco2)cc(C(F)(F)F)c1. The average molecular weight is 326 g/mol. The molecule has 2 aromatic rings. The van der Waals surface area contributed by atoms with Gasteiger partial charge in [0.05, 0.1) is 11.8 Å². The number of aromatic nitrogens is 1. The van der Waals surface area contributed by atoms with Crippen LogP contribution in [0.5, 0.6) is 0 Å². The van der Waals surface area contributed by atoms with Gasteiger partial charge in [0.1, 0.15) is 0 Å². The summed E-state index contributed by atoms with van der Waals surface area (Å²) >= 11 is 0. The molecule has 1 N–H and O–H groups in total. The first-order chi connectivity index (χ1) is 10.5. The van der Waals surface area contributed by atoms with Crippen LogP contribution in [0.25, 0.3) is 11.3 Å². The third-order valence-electron chi connectivity index (χ3n) is 2.95. The van der Waals surface area contributed by atoms with E-state index in [4.69, 9.17) is 4.42 Å². The Morgan fingerprint density at radius 2 is 1.91 bits per heavy atom. The maximum absolute atomic E-state index is 13.0. The zero-order chi connectivity index (χ0) is 17.3. The number of benzene rings is 1. The van der Waals surface area contributed by atoms with Gasteiger partial charge in [-0.3, -0.25) is 4.79 Å². The highest BCUT2D eigenvalue weighted by atomic mass is 19.4. The molecule has 1 heterocycles. The largest absolute Gasteiger partial charge is 0.444 e. The first kappa shape index (κ1) is 17.1. The van der Waals surface area contributed by atoms with Crippen LogP contribution in [-0.2, 0) is 11.0 Å². The minimum absolute atomic E-state index is 0.0699. The number of carbonyl (C=O) groups excluding carboxylic acids is 1. The fourth-order valence-corrected chi connectivity index (χ4v) is 2.05. The third kappa shape index (κ3) is 4.84. The van der Waals surface area contributed by atoms with Gasteiger partial charge in [-0.1, -0.05) is 20.8 Å². The summed E-state index contributed by atoms with van der Waals surface area (Å²) in [6.45, 7) is 5.62. The van der Waals surface area contributed by atoms with Gasteiger partial charge in [0.2, 0.25) is 5.91 Å². The molecule has 0 aliphatic carbocycles. The Morgan fingerprint density at radius 3 is 2.43 bits per heavy atom. The fraction of sp³-hybridized carbons (Fsp3) is 0.375. The quantitative estimate of drug-likeness (QED) is 0.886. The first-order valence-corrected chi connectivity index (χ1v) is 6.96. The van der Waals surface area contributed by atoms with Crippen molar-refractivity contribution >= 4 is 11.6 Å². The molecule has 23 heavy (non-hydrogen) atoms. The molecular formula is C16H17F3N2O2. The van der Waals surface area contributed by atoms with Gasteiger partial charge in [0.25, 0.3) is 0 Å². The molecule has 0 fully saturated rings. The Morgan fingerprint density at radius 1 is 1.22 bits per heavy atom. The number of halogens is 3. The number of carbonyl (C=O) groups is 1. The lowest BCUT2D eigenvalue weighted by Gasteiger charge is -2.18. The molecule has 7 heteroatoms. The van der Waals surface area contributed by atoms with Crippen molar-refractivity contribution < 1.29 is 22.4 Å². The molecule has 0 saturated carbocycles. The van der Waals surface area contributed by atoms with Crippen LogP contribution in [0.3, 0.4) is 0 Å². The van der Waals surface area contributed by atoms with E-state index in [1.54, 1.807) is 0 Å². The Kier molecular flexibility index (Phi) is 4.49. The van der Waals surface area contributed by atoms with Crippen molar-refractivity contribution in [2.24, 2.45) is 5.41 Å². The maximum atomic E-state index is 13.0. The third-order valence-corrected chi connectivity index (χ3v) is 2.95. The lowest BCUT2D eigenvalue weighted by Crippen LogP contribution is -2.20. The summed E-state index contributed by atoms with van der Waals surface area (Å²) in [7, 11) is 0. The minimum Gasteiger partial charge on any atom is -0.444 e. The van der Waals surface area contributed by atoms with Gasteiger partial charge >= 0.3 is 6.18 Å². The summed E-state index contributed by atoms with van der Waals surface area (Å²) in [6.07, 6.45) is -1.88. The van der Waals surface area contributed by atoms with Crippen molar-refractivity contribution in [1.82, 2.24) is 4.98 Å². The molecule has 0 bridgehead atoms. The lowest BCUT2D eigenvalue weighted by molar-refractivity contribution is -0.137. The van der Waals surface area contributed by atoms with Crippen LogP contribution in [0, 0.1) is 5.41 Å². The smallest absolute Gasteiger partial charge is 0.416 e. The number of hydrogen-bond donors (Lipinski definition) is 1. The monoisotopic (exact) mass is 326 g/mol. The molecule has 1 aromatic heterocycles. The molecule has 0 aliphatic rings. The summed E-state index contributed by atoms with van der Waals surface area (Å²) in [4.78, 5) is 15.7. The molecule has 4 nitrogen and oxygen atoms in total. The van der Waals surface area contributed by atoms with E-state index in [2.05, 4.69) is 10.3 Å². The molecule has 124 valence electrons. The Bertz CT molecular complexity index is 686. The van der Waals surface area contributed by atoms with Crippen LogP contribution in [-0.4, -0.2) is 10.9 Å². The molecule has 1 aromatic carbocycles. The van der Waals surface area contributed by atoms with E-state index in [9.17, 15) is 18.0 Å². The number of rotatable bonds is 3. The highest BCUT2D eigenvalue weighted by Gasteiger charge is 2.32. The predicted octanol–water partition coefficient (Wildman–Crippen LogP) is 4.74. The van der Waals surface area contributed by atoms with Gasteiger partial charge in [-0.15, -0.1) is 0 Å². The van der Waals surface area contributed by atoms with Gasteiger partial charge in [-0.05, 0) is 23.6 Å². The van der Waals surface area contributed by atoms with Crippen LogP contribution in [0.4, 0.5) is 18.9 Å². The van der Waals surface area contributed by atoms with Gasteiger partial charge in [0, 0.05) is 17.7 Å². The van der Waals surface area contributed by atoms with E-state index in [0.717, 1.165) is 18.5 Å². The predicted molar refractivity (Wildman–Crippen MR) is 79.6 cm³/mol. The van der Waals surface area contributed by atoms with Crippen LogP contribution < -0.4 is 5.32 Å². The molecule has 0 aliphatic heterocycles. The first-order valence-electron chi connectivity index (χ1n) is 6.96. The number of hydrogen-bond acceptors (Lipinski definition) is 3. The van der Waals surface area contributed by atoms with Crippen molar-refractivity contribution in [3.63, 3.8) is 0 Å². The summed E-state index contributed by atoms with van der Waals surface area (Å²) in [6, 6.07) is 3.29. The zero-order valence-electron chi connectivity index (χ0n) is 13.0. The standard InChI is InChI=1S/C16H17F3N2O2/c1-15(2,3)7-14(22)21-12-5-10(13-8-20-9-23-13)4-11(6-12)16(17,18)19/h4-6,8-9H,7H2,1-3H3,(H,21,22). The van der Waals surface area contributed by atoms with Gasteiger partial charge < -0.3 is 9.73 Å². The summed E-state index contributed by atoms with van der Waals surface area (Å²) < 4.78 is 44.2. The number of amides is 1. The minimum atomic E-state index is -4.53. The molecule has 0 spiro atoms. The number of anilines is 1. The molecule has 0 atom stereocenters. The normalized spacial score (nSPS) is 12.3. The van der Waals surface area contributed by atoms with Crippen molar-refractivity contribution in [1.29, 1.82) is 0 Å². The molecular weight excluding hydrogens is 309 g/mol. The van der Waals surface area contributed by atoms with Crippen LogP contribution in [0.2, 0.25) is 0 Å². The second-order valence-corrected chi connectivity index (χ2v) is 6.45. The second kappa shape index (κ2) is 6.06. The molecule has 0 radical (unpaired) electrons. The number of oxazole rings is 1. The van der Waals surface area contributed by atoms with Crippen LogP contribution in [0.1, 0.15) is 32.8 Å². The van der Waals surface area contributed by atoms with Crippen molar-refractivity contribution in [3.05, 3.63) is 36.4 Å². The van der Waals surface area contributed by atoms with E-state index in [1.165, 1.54) is 12.3 Å². The van der Waals surface area contributed by atoms with E-state index in [0.29, 0.717) is 0 Å². The zero-order valence-corrected chi connectivity index (χ0v) is 13.0. The Hall–Kier alpha value is -2.31. The highest BCUT2D eigenvalue weighted by Crippen LogP contribution is 2.35. The lowest BCUT2D eigenvalue weighted by atomic mass is 9.92. The maximum Gasteiger partial charge on any atom is 0.416 e. The summed E-state index contributed by atoms with van der Waals surface area (Å²) in [5, 5.41) is 2.51. The van der Waals surface area contributed by atoms with E-state index in [1.807, 2.05) is 20.8 Å². The molecule has 0 saturated heterocycles. The molecule has 1 amide bonds. The summed E-state index contributed by atoms with van der Waals surface area (Å²) in [5.74, 6) is -0.150. The second-order valence-electron chi connectivity index (χ2n) is 6.45. The van der Waals surface area contributed by atoms with Crippen LogP contribution in [0.15, 0.2) is 35.2 Å². The van der Waals surface area contributed by atoms with Crippen molar-refractivity contribution in [3.8, 4) is 11.3 Å². The number of nitrogens with zero attached hydrogens (tertiary/aromatic N) is 1. The van der Waals surface area contributed by atoms with Crippen molar-refractivity contribution in [2.75, 3.05) is 5.32 Å². The Labute approximate surface area is 131 Å². The number of nitrogens with one attached hydrogen (secondary N) is 1. The van der Waals surface area contributed by atoms with E-state index in [-0.39, 0.29) is 34.8 Å². The average Bonchev–Trinajstić information content (AvgIpc) is 2.88. The van der Waals surface area contributed by atoms with Gasteiger partial charge in [0.15, 0.2) is 12.2 Å². The molecule has 0 unspecified atom stereocenters. The van der Waals surface area contributed by atoms with E-state index < -0.39 is 11.7 Å². The number of alkyl halides is 3. The van der Waals surface area contributed by atoms with Crippen LogP contribution >= 0.6 is 0 Å². The van der Waals surface area contributed by atoms with E-state index >= 15 is 0 Å². The molecule has 2 rings (SSSR count). The fourth-order valence-electron chi connectivity index (χ4n) is 2.05. The van der Waals surface area contributed by atoms with Gasteiger partial charge in [-0.25, -0.2) is 4.98 Å². The Balaban J connectivity index is 2.35. The van der Waals surface area contributed by atoms with Crippen molar-refractivity contribution in [2.45, 2.75) is 33.4 Å². The summed E-state index contributed by atoms with van der Waals surface area (Å²) in [5.41, 5.74) is -0.860. The van der Waals surface area contributed by atoms with Gasteiger partial charge in [-0.2, -0.15) is 13.2 Å².